The molecule has 1 fully saturated rings. The predicted molar refractivity (Wildman–Crippen MR) is 149 cm³/mol. The third kappa shape index (κ3) is 7.60. The molecule has 212 valence electrons. The van der Waals surface area contributed by atoms with Crippen LogP contribution in [0.1, 0.15) is 55.4 Å². The summed E-state index contributed by atoms with van der Waals surface area (Å²) in [4.78, 5) is 23.2. The van der Waals surface area contributed by atoms with Gasteiger partial charge in [0.1, 0.15) is 0 Å². The lowest BCUT2D eigenvalue weighted by Gasteiger charge is -2.41. The first-order valence-electron chi connectivity index (χ1n) is 13.1. The summed E-state index contributed by atoms with van der Waals surface area (Å²) in [5.74, 6) is -0.339. The second-order valence-electron chi connectivity index (χ2n) is 9.71. The largest absolute Gasteiger partial charge is 0.618 e. The van der Waals surface area contributed by atoms with Crippen LogP contribution in [-0.2, 0) is 37.0 Å². The fourth-order valence-electron chi connectivity index (χ4n) is 4.43. The van der Waals surface area contributed by atoms with Crippen LogP contribution in [0, 0.1) is 11.1 Å². The number of aromatic nitrogens is 1. The molecule has 2 heterocycles. The van der Waals surface area contributed by atoms with Crippen LogP contribution in [0.15, 0.2) is 78.0 Å². The molecule has 2 N–H and O–H groups in total. The monoisotopic (exact) mass is 566 g/mol. The summed E-state index contributed by atoms with van der Waals surface area (Å²) in [6, 6.07) is 20.6. The van der Waals surface area contributed by atoms with Crippen molar-refractivity contribution < 1.29 is 33.6 Å². The van der Waals surface area contributed by atoms with Gasteiger partial charge < -0.3 is 29.8 Å². The third-order valence-electron chi connectivity index (χ3n) is 6.74. The lowest BCUT2D eigenvalue weighted by Crippen LogP contribution is -2.39. The first-order chi connectivity index (χ1) is 19.2. The molecule has 0 bridgehead atoms. The van der Waals surface area contributed by atoms with Crippen LogP contribution in [0.4, 0.5) is 0 Å². The summed E-state index contributed by atoms with van der Waals surface area (Å²) in [5.41, 5.74) is 3.48. The lowest BCUT2D eigenvalue weighted by molar-refractivity contribution is -0.645. The number of aliphatic hydroxyl groups excluding tert-OH is 1. The van der Waals surface area contributed by atoms with Crippen LogP contribution in [0.3, 0.4) is 0 Å². The number of amides is 1. The van der Waals surface area contributed by atoms with E-state index >= 15 is 0 Å². The highest BCUT2D eigenvalue weighted by atomic mass is 32.2. The topological polar surface area (TPSA) is 121 Å². The fourth-order valence-corrected chi connectivity index (χ4v) is 5.51. The Bertz CT molecular complexity index is 1290. The minimum Gasteiger partial charge on any atom is -0.618 e. The minimum absolute atomic E-state index is 0.0127. The Kier molecular flexibility index (Phi) is 10.2. The number of hydrogen-bond donors (Lipinski definition) is 2. The molecular weight excluding hydrogens is 532 g/mol. The summed E-state index contributed by atoms with van der Waals surface area (Å²) in [6.45, 7) is 5.10. The van der Waals surface area contributed by atoms with E-state index in [-0.39, 0.29) is 37.2 Å². The smallest absolute Gasteiger partial charge is 0.303 e. The summed E-state index contributed by atoms with van der Waals surface area (Å²) in [6.07, 6.45) is -0.520. The van der Waals surface area contributed by atoms with Gasteiger partial charge in [-0.25, -0.2) is 0 Å². The fraction of sp³-hybridized carbons (Fsp3) is 0.367. The zero-order valence-corrected chi connectivity index (χ0v) is 23.5. The SMILES string of the molecule is CC(=O)OC(C)C(=O)NCc1ccc(C2OC(CSc3cccc[n+]3[O-])C(C)C(c3ccc(CO)cc3)O2)cc1. The Morgan fingerprint density at radius 3 is 2.38 bits per heavy atom. The number of thioether (sulfide) groups is 1. The van der Waals surface area contributed by atoms with Crippen LogP contribution in [0.2, 0.25) is 0 Å². The van der Waals surface area contributed by atoms with Gasteiger partial charge >= 0.3 is 5.97 Å². The Morgan fingerprint density at radius 1 is 1.05 bits per heavy atom. The predicted octanol–water partition coefficient (Wildman–Crippen LogP) is 3.96. The third-order valence-corrected chi connectivity index (χ3v) is 7.85. The van der Waals surface area contributed by atoms with Gasteiger partial charge in [-0.1, -0.05) is 67.2 Å². The molecule has 40 heavy (non-hydrogen) atoms. The van der Waals surface area contributed by atoms with E-state index in [2.05, 4.69) is 12.2 Å². The van der Waals surface area contributed by atoms with Crippen molar-refractivity contribution in [2.75, 3.05) is 5.75 Å². The lowest BCUT2D eigenvalue weighted by atomic mass is 9.91. The molecule has 0 radical (unpaired) electrons. The Hall–Kier alpha value is -3.44. The number of benzene rings is 2. The molecular formula is C30H34N2O7S. The molecule has 2 aromatic carbocycles. The van der Waals surface area contributed by atoms with E-state index in [1.807, 2.05) is 54.6 Å². The number of carbonyl (C=O) groups excluding carboxylic acids is 2. The molecule has 10 heteroatoms. The first kappa shape index (κ1) is 29.5. The zero-order chi connectivity index (χ0) is 28.6. The quantitative estimate of drug-likeness (QED) is 0.164. The number of pyridine rings is 1. The van der Waals surface area contributed by atoms with Crippen LogP contribution < -0.4 is 10.0 Å². The van der Waals surface area contributed by atoms with Gasteiger partial charge in [0, 0.05) is 42.8 Å². The van der Waals surface area contributed by atoms with Crippen molar-refractivity contribution in [3.63, 3.8) is 0 Å². The Balaban J connectivity index is 1.48. The summed E-state index contributed by atoms with van der Waals surface area (Å²) >= 11 is 1.44. The average molecular weight is 567 g/mol. The van der Waals surface area contributed by atoms with E-state index < -0.39 is 18.4 Å². The van der Waals surface area contributed by atoms with Gasteiger partial charge in [-0.05, 0) is 29.7 Å². The second kappa shape index (κ2) is 13.8. The highest BCUT2D eigenvalue weighted by Gasteiger charge is 2.38. The van der Waals surface area contributed by atoms with Gasteiger partial charge in [0.05, 0.1) is 18.8 Å². The molecule has 4 rings (SSSR count). The Labute approximate surface area is 238 Å². The normalized spacial score (nSPS) is 21.4. The highest BCUT2D eigenvalue weighted by molar-refractivity contribution is 7.99. The number of nitrogens with zero attached hydrogens (tertiary/aromatic N) is 1. The molecule has 1 aliphatic heterocycles. The van der Waals surface area contributed by atoms with E-state index in [1.165, 1.54) is 31.8 Å². The van der Waals surface area contributed by atoms with E-state index in [9.17, 15) is 19.9 Å². The zero-order valence-electron chi connectivity index (χ0n) is 22.7. The maximum atomic E-state index is 12.2. The number of esters is 1. The number of carbonyl (C=O) groups is 2. The number of ether oxygens (including phenoxy) is 3. The van der Waals surface area contributed by atoms with Crippen LogP contribution in [0.5, 0.6) is 0 Å². The maximum absolute atomic E-state index is 12.2. The van der Waals surface area contributed by atoms with Gasteiger partial charge in [0.15, 0.2) is 18.6 Å². The summed E-state index contributed by atoms with van der Waals surface area (Å²) in [7, 11) is 0. The number of aliphatic hydroxyl groups is 1. The molecule has 1 saturated heterocycles. The molecule has 0 spiro atoms. The van der Waals surface area contributed by atoms with Gasteiger partial charge in [-0.3, -0.25) is 9.59 Å². The van der Waals surface area contributed by atoms with Crippen LogP contribution >= 0.6 is 11.8 Å². The molecule has 5 atom stereocenters. The van der Waals surface area contributed by atoms with Gasteiger partial charge in [0.25, 0.3) is 10.9 Å². The Morgan fingerprint density at radius 2 is 1.73 bits per heavy atom. The average Bonchev–Trinajstić information content (AvgIpc) is 2.96. The van der Waals surface area contributed by atoms with Crippen molar-refractivity contribution in [3.8, 4) is 0 Å². The van der Waals surface area contributed by atoms with E-state index in [0.717, 1.165) is 27.0 Å². The van der Waals surface area contributed by atoms with Crippen molar-refractivity contribution in [1.29, 1.82) is 0 Å². The molecule has 0 aliphatic carbocycles. The first-order valence-corrected chi connectivity index (χ1v) is 14.1. The summed E-state index contributed by atoms with van der Waals surface area (Å²) < 4.78 is 18.7. The molecule has 5 unspecified atom stereocenters. The van der Waals surface area contributed by atoms with Crippen LogP contribution in [0.25, 0.3) is 0 Å². The highest BCUT2D eigenvalue weighted by Crippen LogP contribution is 2.42. The summed E-state index contributed by atoms with van der Waals surface area (Å²) in [5, 5.41) is 25.0. The number of hydrogen-bond acceptors (Lipinski definition) is 8. The molecule has 1 aliphatic rings. The molecule has 9 nitrogen and oxygen atoms in total. The van der Waals surface area contributed by atoms with E-state index in [4.69, 9.17) is 14.2 Å². The molecule has 1 aromatic heterocycles. The molecule has 3 aromatic rings. The minimum atomic E-state index is -0.868. The van der Waals surface area contributed by atoms with E-state index in [0.29, 0.717) is 10.8 Å². The number of nitrogens with one attached hydrogen (secondary N) is 1. The van der Waals surface area contributed by atoms with Crippen LogP contribution in [-0.4, -0.2) is 34.9 Å². The van der Waals surface area contributed by atoms with Gasteiger partial charge in [0.2, 0.25) is 0 Å². The van der Waals surface area contributed by atoms with Gasteiger partial charge in [-0.2, -0.15) is 4.73 Å². The molecule has 0 saturated carbocycles. The van der Waals surface area contributed by atoms with Crippen molar-refractivity contribution in [2.45, 2.75) is 63.6 Å². The van der Waals surface area contributed by atoms with E-state index in [1.54, 1.807) is 12.1 Å². The van der Waals surface area contributed by atoms with Crippen molar-refractivity contribution in [2.24, 2.45) is 5.92 Å². The second-order valence-corrected chi connectivity index (χ2v) is 10.7. The standard InChI is InChI=1S/C30H34N2O7S/c1-19-26(18-40-27-6-4-5-15-32(27)36)38-30(39-28(19)24-11-9-23(17-33)10-12-24)25-13-7-22(8-14-25)16-31-29(35)20(2)37-21(3)34/h4-15,19-20,26,28,30,33H,16-18H2,1-3H3,(H,31,35). The maximum Gasteiger partial charge on any atom is 0.303 e. The molecule has 1 amide bonds. The number of rotatable bonds is 10. The van der Waals surface area contributed by atoms with Crippen molar-refractivity contribution >= 4 is 23.6 Å². The van der Waals surface area contributed by atoms with Crippen molar-refractivity contribution in [3.05, 3.63) is 100 Å². The van der Waals surface area contributed by atoms with Crippen molar-refractivity contribution in [1.82, 2.24) is 5.32 Å². The van der Waals surface area contributed by atoms with Gasteiger partial charge in [-0.15, -0.1) is 0 Å².